The lowest BCUT2D eigenvalue weighted by Gasteiger charge is -2.31. The number of nitriles is 1. The molecule has 0 saturated carbocycles. The van der Waals surface area contributed by atoms with Gasteiger partial charge in [-0.05, 0) is 48.9 Å². The van der Waals surface area contributed by atoms with E-state index in [1.54, 1.807) is 18.3 Å². The summed E-state index contributed by atoms with van der Waals surface area (Å²) in [6, 6.07) is 14.8. The smallest absolute Gasteiger partial charge is 0.306 e. The third kappa shape index (κ3) is 3.94. The lowest BCUT2D eigenvalue weighted by atomic mass is 10.1. The van der Waals surface area contributed by atoms with Crippen molar-refractivity contribution < 1.29 is 17.4 Å². The Hall–Kier alpha value is -2.89. The third-order valence-electron chi connectivity index (χ3n) is 4.25. The monoisotopic (exact) mass is 387 g/mol. The number of aryl methyl sites for hydroxylation is 1. The van der Waals surface area contributed by atoms with Gasteiger partial charge in [0, 0.05) is 18.4 Å². The molecule has 0 saturated heterocycles. The highest BCUT2D eigenvalue weighted by molar-refractivity contribution is 7.86. The highest BCUT2D eigenvalue weighted by atomic mass is 32.2. The van der Waals surface area contributed by atoms with Crippen molar-refractivity contribution in [2.75, 3.05) is 11.4 Å². The van der Waals surface area contributed by atoms with Crippen LogP contribution in [0.4, 0.5) is 10.1 Å². The predicted octanol–water partition coefficient (Wildman–Crippen LogP) is 3.34. The molecule has 0 amide bonds. The summed E-state index contributed by atoms with van der Waals surface area (Å²) in [5.74, 6) is -0.410. The fraction of sp³-hybridized carbons (Fsp3) is 0.211. The van der Waals surface area contributed by atoms with Gasteiger partial charge >= 0.3 is 10.1 Å². The van der Waals surface area contributed by atoms with Crippen LogP contribution in [0.5, 0.6) is 0 Å². The second-order valence-electron chi connectivity index (χ2n) is 6.21. The molecule has 27 heavy (non-hydrogen) atoms. The molecule has 0 radical (unpaired) electrons. The molecule has 0 aromatic heterocycles. The van der Waals surface area contributed by atoms with E-state index in [1.165, 1.54) is 34.1 Å². The maximum Gasteiger partial charge on any atom is 0.306 e. The molecule has 140 valence electrons. The lowest BCUT2D eigenvalue weighted by Crippen LogP contribution is -2.45. The summed E-state index contributed by atoms with van der Waals surface area (Å²) in [5.41, 5.74) is 1.21. The van der Waals surface area contributed by atoms with Crippen molar-refractivity contribution in [2.45, 2.75) is 18.8 Å². The molecule has 2 aromatic rings. The SMILES string of the molecule is Cc1ccc(N2C(c3ccc(F)cc3)=CN(CCC#N)C2S(=O)(=O)O)cc1. The molecule has 1 N–H and O–H groups in total. The molecule has 1 aliphatic heterocycles. The molecule has 8 heteroatoms. The first kappa shape index (κ1) is 18.9. The van der Waals surface area contributed by atoms with Crippen LogP contribution in [0, 0.1) is 24.1 Å². The Morgan fingerprint density at radius 1 is 1.15 bits per heavy atom. The van der Waals surface area contributed by atoms with Gasteiger partial charge in [0.15, 0.2) is 0 Å². The molecule has 1 heterocycles. The van der Waals surface area contributed by atoms with Crippen molar-refractivity contribution in [3.63, 3.8) is 0 Å². The quantitative estimate of drug-likeness (QED) is 0.792. The van der Waals surface area contributed by atoms with Crippen LogP contribution in [-0.2, 0) is 10.1 Å². The van der Waals surface area contributed by atoms with Gasteiger partial charge < -0.3 is 9.80 Å². The second-order valence-corrected chi connectivity index (χ2v) is 7.67. The highest BCUT2D eigenvalue weighted by Crippen LogP contribution is 2.37. The van der Waals surface area contributed by atoms with Gasteiger partial charge in [-0.15, -0.1) is 0 Å². The van der Waals surface area contributed by atoms with E-state index in [4.69, 9.17) is 5.26 Å². The first-order chi connectivity index (χ1) is 12.8. The van der Waals surface area contributed by atoms with Crippen LogP contribution in [-0.4, -0.2) is 29.9 Å². The van der Waals surface area contributed by atoms with Crippen LogP contribution in [0.15, 0.2) is 54.7 Å². The van der Waals surface area contributed by atoms with E-state index in [1.807, 2.05) is 25.1 Å². The van der Waals surface area contributed by atoms with Crippen LogP contribution in [0.1, 0.15) is 17.5 Å². The van der Waals surface area contributed by atoms with Crippen molar-refractivity contribution >= 4 is 21.5 Å². The van der Waals surface area contributed by atoms with E-state index in [-0.39, 0.29) is 13.0 Å². The van der Waals surface area contributed by atoms with Gasteiger partial charge in [-0.2, -0.15) is 13.7 Å². The summed E-state index contributed by atoms with van der Waals surface area (Å²) in [5, 5.41) is 8.88. The van der Waals surface area contributed by atoms with Gasteiger partial charge in [-0.25, -0.2) is 4.39 Å². The Kier molecular flexibility index (Phi) is 5.17. The standard InChI is InChI=1S/C19H18FN3O3S/c1-14-3-9-17(10-4-14)23-18(15-5-7-16(20)8-6-15)13-22(12-2-11-21)19(23)27(24,25)26/h3-10,13,19H,2,12H2,1H3,(H,24,25,26). The van der Waals surface area contributed by atoms with E-state index in [2.05, 4.69) is 0 Å². The minimum Gasteiger partial charge on any atom is -0.340 e. The van der Waals surface area contributed by atoms with Crippen LogP contribution >= 0.6 is 0 Å². The zero-order valence-corrected chi connectivity index (χ0v) is 15.4. The number of anilines is 1. The van der Waals surface area contributed by atoms with E-state index < -0.39 is 21.4 Å². The molecule has 0 aliphatic carbocycles. The number of benzene rings is 2. The Morgan fingerprint density at radius 3 is 2.33 bits per heavy atom. The summed E-state index contributed by atoms with van der Waals surface area (Å²) in [7, 11) is -4.52. The molecule has 0 fully saturated rings. The average molecular weight is 387 g/mol. The van der Waals surface area contributed by atoms with Crippen molar-refractivity contribution in [1.82, 2.24) is 4.90 Å². The predicted molar refractivity (Wildman–Crippen MR) is 100 cm³/mol. The second kappa shape index (κ2) is 7.39. The van der Waals surface area contributed by atoms with Crippen LogP contribution in [0.25, 0.3) is 5.70 Å². The topological polar surface area (TPSA) is 84.6 Å². The lowest BCUT2D eigenvalue weighted by molar-refractivity contribution is 0.344. The fourth-order valence-electron chi connectivity index (χ4n) is 3.01. The molecule has 1 unspecified atom stereocenters. The Labute approximate surface area is 157 Å². The summed E-state index contributed by atoms with van der Waals surface area (Å²) < 4.78 is 47.6. The number of rotatable bonds is 5. The first-order valence-corrected chi connectivity index (χ1v) is 9.74. The molecule has 3 rings (SSSR count). The van der Waals surface area contributed by atoms with Gasteiger partial charge in [-0.1, -0.05) is 17.7 Å². The van der Waals surface area contributed by atoms with Gasteiger partial charge in [0.2, 0.25) is 5.50 Å². The maximum atomic E-state index is 13.3. The Bertz CT molecular complexity index is 996. The van der Waals surface area contributed by atoms with Crippen molar-refractivity contribution in [2.24, 2.45) is 0 Å². The number of hydrogen-bond donors (Lipinski definition) is 1. The third-order valence-corrected chi connectivity index (χ3v) is 5.27. The number of hydrogen-bond acceptors (Lipinski definition) is 5. The summed E-state index contributed by atoms with van der Waals surface area (Å²) >= 11 is 0. The van der Waals surface area contributed by atoms with E-state index in [9.17, 15) is 17.4 Å². The van der Waals surface area contributed by atoms with Gasteiger partial charge in [-0.3, -0.25) is 4.55 Å². The number of nitrogens with zero attached hydrogens (tertiary/aromatic N) is 3. The van der Waals surface area contributed by atoms with Crippen LogP contribution < -0.4 is 4.90 Å². The Morgan fingerprint density at radius 2 is 1.78 bits per heavy atom. The van der Waals surface area contributed by atoms with Gasteiger partial charge in [0.05, 0.1) is 18.2 Å². The van der Waals surface area contributed by atoms with E-state index in [0.717, 1.165) is 5.56 Å². The van der Waals surface area contributed by atoms with Crippen molar-refractivity contribution in [3.05, 3.63) is 71.7 Å². The zero-order chi connectivity index (χ0) is 19.6. The summed E-state index contributed by atoms with van der Waals surface area (Å²) in [6.07, 6.45) is 1.66. The Balaban J connectivity index is 2.15. The average Bonchev–Trinajstić information content (AvgIpc) is 3.01. The molecular weight excluding hydrogens is 369 g/mol. The minimum absolute atomic E-state index is 0.0843. The molecule has 1 atom stereocenters. The van der Waals surface area contributed by atoms with E-state index >= 15 is 0 Å². The molecular formula is C19H18FN3O3S. The molecule has 0 bridgehead atoms. The van der Waals surface area contributed by atoms with Crippen molar-refractivity contribution in [3.8, 4) is 6.07 Å². The largest absolute Gasteiger partial charge is 0.340 e. The normalized spacial score (nSPS) is 17.0. The molecule has 6 nitrogen and oxygen atoms in total. The molecule has 0 spiro atoms. The first-order valence-electron chi connectivity index (χ1n) is 8.24. The maximum absolute atomic E-state index is 13.3. The van der Waals surface area contributed by atoms with E-state index in [0.29, 0.717) is 16.9 Å². The summed E-state index contributed by atoms with van der Waals surface area (Å²) in [6.45, 7) is 2.03. The minimum atomic E-state index is -4.52. The van der Waals surface area contributed by atoms with Crippen LogP contribution in [0.2, 0.25) is 0 Å². The van der Waals surface area contributed by atoms with Crippen LogP contribution in [0.3, 0.4) is 0 Å². The highest BCUT2D eigenvalue weighted by Gasteiger charge is 2.42. The van der Waals surface area contributed by atoms with Gasteiger partial charge in [0.1, 0.15) is 5.82 Å². The zero-order valence-electron chi connectivity index (χ0n) is 14.6. The number of halogens is 1. The van der Waals surface area contributed by atoms with Gasteiger partial charge in [0.25, 0.3) is 0 Å². The molecule has 2 aromatic carbocycles. The molecule has 1 aliphatic rings. The fourth-order valence-corrected chi connectivity index (χ4v) is 4.03. The summed E-state index contributed by atoms with van der Waals surface area (Å²) in [4.78, 5) is 2.87. The van der Waals surface area contributed by atoms with Crippen molar-refractivity contribution in [1.29, 1.82) is 5.26 Å².